The summed E-state index contributed by atoms with van der Waals surface area (Å²) >= 11 is 0. The van der Waals surface area contributed by atoms with Crippen LogP contribution in [0.1, 0.15) is 84.0 Å². The molecule has 0 aromatic carbocycles. The van der Waals surface area contributed by atoms with Crippen molar-refractivity contribution in [2.45, 2.75) is 90.0 Å². The van der Waals surface area contributed by atoms with Gasteiger partial charge in [0, 0.05) is 6.04 Å². The van der Waals surface area contributed by atoms with Gasteiger partial charge in [0.1, 0.15) is 0 Å². The Morgan fingerprint density at radius 1 is 0.875 bits per heavy atom. The van der Waals surface area contributed by atoms with Crippen molar-refractivity contribution in [2.24, 2.45) is 0 Å². The summed E-state index contributed by atoms with van der Waals surface area (Å²) < 4.78 is 0. The third-order valence-electron chi connectivity index (χ3n) is 3.82. The minimum Gasteiger partial charge on any atom is -0.314 e. The van der Waals surface area contributed by atoms with Crippen LogP contribution in [0, 0.1) is 0 Å². The zero-order valence-electron chi connectivity index (χ0n) is 11.3. The molecule has 1 rings (SSSR count). The molecule has 1 heterocycles. The first-order valence-corrected chi connectivity index (χ1v) is 7.67. The van der Waals surface area contributed by atoms with Gasteiger partial charge in [0.2, 0.25) is 0 Å². The SMILES string of the molecule is CCCCCCCCCC1CCCCCN1. The van der Waals surface area contributed by atoms with Crippen molar-refractivity contribution in [3.63, 3.8) is 0 Å². The maximum atomic E-state index is 3.69. The van der Waals surface area contributed by atoms with Crippen LogP contribution in [0.4, 0.5) is 0 Å². The van der Waals surface area contributed by atoms with E-state index in [0.29, 0.717) is 0 Å². The quantitative estimate of drug-likeness (QED) is 0.592. The van der Waals surface area contributed by atoms with Crippen LogP contribution in [0.5, 0.6) is 0 Å². The lowest BCUT2D eigenvalue weighted by atomic mass is 10.0. The van der Waals surface area contributed by atoms with Crippen molar-refractivity contribution >= 4 is 0 Å². The first-order chi connectivity index (χ1) is 7.93. The van der Waals surface area contributed by atoms with Crippen molar-refractivity contribution in [2.75, 3.05) is 6.54 Å². The molecule has 0 radical (unpaired) electrons. The topological polar surface area (TPSA) is 12.0 Å². The Bertz CT molecular complexity index is 136. The van der Waals surface area contributed by atoms with Gasteiger partial charge in [0.25, 0.3) is 0 Å². The Morgan fingerprint density at radius 2 is 1.62 bits per heavy atom. The van der Waals surface area contributed by atoms with E-state index in [1.54, 1.807) is 0 Å². The Hall–Kier alpha value is -0.0400. The first-order valence-electron chi connectivity index (χ1n) is 7.67. The monoisotopic (exact) mass is 225 g/mol. The van der Waals surface area contributed by atoms with Gasteiger partial charge in [-0.1, -0.05) is 64.7 Å². The predicted octanol–water partition coefficient (Wildman–Crippen LogP) is 4.66. The molecule has 1 saturated heterocycles. The van der Waals surface area contributed by atoms with Gasteiger partial charge in [-0.15, -0.1) is 0 Å². The lowest BCUT2D eigenvalue weighted by Crippen LogP contribution is -2.27. The van der Waals surface area contributed by atoms with Crippen LogP contribution in [0.3, 0.4) is 0 Å². The number of nitrogens with one attached hydrogen (secondary N) is 1. The van der Waals surface area contributed by atoms with Crippen LogP contribution in [0.15, 0.2) is 0 Å². The Labute approximate surface area is 102 Å². The summed E-state index contributed by atoms with van der Waals surface area (Å²) in [5.41, 5.74) is 0. The van der Waals surface area contributed by atoms with E-state index in [4.69, 9.17) is 0 Å². The molecular weight excluding hydrogens is 194 g/mol. The van der Waals surface area contributed by atoms with Gasteiger partial charge >= 0.3 is 0 Å². The molecule has 1 nitrogen and oxygen atoms in total. The summed E-state index contributed by atoms with van der Waals surface area (Å²) in [4.78, 5) is 0. The van der Waals surface area contributed by atoms with E-state index in [1.807, 2.05) is 0 Å². The van der Waals surface area contributed by atoms with Gasteiger partial charge in [-0.05, 0) is 25.8 Å². The van der Waals surface area contributed by atoms with E-state index in [-0.39, 0.29) is 0 Å². The molecule has 0 aromatic heterocycles. The van der Waals surface area contributed by atoms with Crippen LogP contribution in [0.25, 0.3) is 0 Å². The summed E-state index contributed by atoms with van der Waals surface area (Å²) in [6.45, 7) is 3.55. The minimum absolute atomic E-state index is 0.846. The van der Waals surface area contributed by atoms with Crippen molar-refractivity contribution in [3.05, 3.63) is 0 Å². The first kappa shape index (κ1) is 14.0. The summed E-state index contributed by atoms with van der Waals surface area (Å²) in [5.74, 6) is 0. The molecule has 0 aromatic rings. The number of hydrogen-bond donors (Lipinski definition) is 1. The van der Waals surface area contributed by atoms with Crippen LogP contribution in [0.2, 0.25) is 0 Å². The van der Waals surface area contributed by atoms with E-state index in [2.05, 4.69) is 12.2 Å². The van der Waals surface area contributed by atoms with E-state index < -0.39 is 0 Å². The third-order valence-corrected chi connectivity index (χ3v) is 3.82. The molecule has 1 atom stereocenters. The normalized spacial score (nSPS) is 21.9. The van der Waals surface area contributed by atoms with E-state index >= 15 is 0 Å². The molecule has 1 fully saturated rings. The average Bonchev–Trinajstić information content (AvgIpc) is 2.56. The minimum atomic E-state index is 0.846. The van der Waals surface area contributed by atoms with Gasteiger partial charge in [0.05, 0.1) is 0 Å². The highest BCUT2D eigenvalue weighted by Gasteiger charge is 2.10. The molecule has 96 valence electrons. The molecule has 0 spiro atoms. The third kappa shape index (κ3) is 7.27. The highest BCUT2D eigenvalue weighted by atomic mass is 14.9. The zero-order chi connectivity index (χ0) is 11.5. The molecule has 0 bridgehead atoms. The molecule has 1 N–H and O–H groups in total. The second-order valence-corrected chi connectivity index (χ2v) is 5.41. The van der Waals surface area contributed by atoms with Crippen molar-refractivity contribution < 1.29 is 0 Å². The maximum absolute atomic E-state index is 3.69. The molecule has 1 aliphatic heterocycles. The van der Waals surface area contributed by atoms with E-state index in [1.165, 1.54) is 83.6 Å². The lowest BCUT2D eigenvalue weighted by Gasteiger charge is -2.15. The predicted molar refractivity (Wildman–Crippen MR) is 72.9 cm³/mol. The van der Waals surface area contributed by atoms with E-state index in [0.717, 1.165) is 6.04 Å². The van der Waals surface area contributed by atoms with Crippen LogP contribution in [-0.4, -0.2) is 12.6 Å². The lowest BCUT2D eigenvalue weighted by molar-refractivity contribution is 0.449. The molecule has 1 heteroatoms. The average molecular weight is 225 g/mol. The molecule has 1 unspecified atom stereocenters. The smallest absolute Gasteiger partial charge is 0.00670 e. The molecule has 1 aliphatic rings. The summed E-state index contributed by atoms with van der Waals surface area (Å²) in [5, 5.41) is 3.69. The highest BCUT2D eigenvalue weighted by molar-refractivity contribution is 4.70. The molecular formula is C15H31N. The molecule has 0 amide bonds. The summed E-state index contributed by atoms with van der Waals surface area (Å²) in [6.07, 6.45) is 17.2. The fraction of sp³-hybridized carbons (Fsp3) is 1.00. The Kier molecular flexibility index (Phi) is 8.88. The van der Waals surface area contributed by atoms with Crippen molar-refractivity contribution in [1.82, 2.24) is 5.32 Å². The second-order valence-electron chi connectivity index (χ2n) is 5.41. The van der Waals surface area contributed by atoms with E-state index in [9.17, 15) is 0 Å². The number of hydrogen-bond acceptors (Lipinski definition) is 1. The molecule has 0 aliphatic carbocycles. The second kappa shape index (κ2) is 10.1. The Balaban J connectivity index is 1.86. The zero-order valence-corrected chi connectivity index (χ0v) is 11.3. The van der Waals surface area contributed by atoms with Crippen LogP contribution >= 0.6 is 0 Å². The number of unbranched alkanes of at least 4 members (excludes halogenated alkanes) is 6. The van der Waals surface area contributed by atoms with Gasteiger partial charge in [-0.2, -0.15) is 0 Å². The van der Waals surface area contributed by atoms with Gasteiger partial charge in [-0.3, -0.25) is 0 Å². The van der Waals surface area contributed by atoms with Gasteiger partial charge < -0.3 is 5.32 Å². The summed E-state index contributed by atoms with van der Waals surface area (Å²) in [7, 11) is 0. The standard InChI is InChI=1S/C15H31N/c1-2-3-4-5-6-7-9-12-15-13-10-8-11-14-16-15/h15-16H,2-14H2,1H3. The fourth-order valence-electron chi connectivity index (χ4n) is 2.70. The van der Waals surface area contributed by atoms with Crippen LogP contribution in [-0.2, 0) is 0 Å². The fourth-order valence-corrected chi connectivity index (χ4v) is 2.70. The summed E-state index contributed by atoms with van der Waals surface area (Å²) in [6, 6.07) is 0.846. The van der Waals surface area contributed by atoms with Gasteiger partial charge in [-0.25, -0.2) is 0 Å². The van der Waals surface area contributed by atoms with Crippen molar-refractivity contribution in [1.29, 1.82) is 0 Å². The molecule has 0 saturated carbocycles. The van der Waals surface area contributed by atoms with Gasteiger partial charge in [0.15, 0.2) is 0 Å². The largest absolute Gasteiger partial charge is 0.314 e. The van der Waals surface area contributed by atoms with Crippen molar-refractivity contribution in [3.8, 4) is 0 Å². The molecule has 16 heavy (non-hydrogen) atoms. The maximum Gasteiger partial charge on any atom is 0.00670 e. The number of rotatable bonds is 8. The Morgan fingerprint density at radius 3 is 2.44 bits per heavy atom. The van der Waals surface area contributed by atoms with Crippen LogP contribution < -0.4 is 5.32 Å². The highest BCUT2D eigenvalue weighted by Crippen LogP contribution is 2.15.